The SMILES string of the molecule is C=C1CCCCN1Cc1sc(NC(=O)c2cnc(N3CCC(C(=O)O)CC3)cn2)nc1-c1cc(OC)cc(OC(F)(F)F)c1. The van der Waals surface area contributed by atoms with E-state index < -0.39 is 24.0 Å². The summed E-state index contributed by atoms with van der Waals surface area (Å²) in [5, 5.41) is 12.2. The molecule has 1 aromatic carbocycles. The van der Waals surface area contributed by atoms with E-state index in [1.165, 1.54) is 36.9 Å². The van der Waals surface area contributed by atoms with Crippen molar-refractivity contribution in [3.63, 3.8) is 0 Å². The fourth-order valence-corrected chi connectivity index (χ4v) is 6.18. The molecule has 0 saturated carbocycles. The standard InChI is InChI=1S/C29H31F3N6O5S/c1-17-5-3-4-8-38(17)16-23-25(19-11-20(42-2)13-21(12-19)43-29(30,31)32)35-28(44-23)36-26(39)22-14-34-24(15-33-22)37-9-6-18(7-10-37)27(40)41/h11-15,18H,1,3-10,16H2,2H3,(H,40,41)(H,35,36,39). The summed E-state index contributed by atoms with van der Waals surface area (Å²) in [5.41, 5.74) is 1.70. The number of likely N-dealkylation sites (tertiary alicyclic amines) is 1. The molecule has 44 heavy (non-hydrogen) atoms. The summed E-state index contributed by atoms with van der Waals surface area (Å²) < 4.78 is 48.5. The first kappa shape index (κ1) is 31.0. The molecule has 2 aliphatic rings. The van der Waals surface area contributed by atoms with Gasteiger partial charge in [0, 0.05) is 37.0 Å². The van der Waals surface area contributed by atoms with Crippen LogP contribution in [0.5, 0.6) is 11.5 Å². The van der Waals surface area contributed by atoms with Gasteiger partial charge in [0.05, 0.1) is 42.5 Å². The molecule has 1 amide bonds. The number of methoxy groups -OCH3 is 1. The molecule has 4 heterocycles. The zero-order chi connectivity index (χ0) is 31.4. The Morgan fingerprint density at radius 3 is 2.50 bits per heavy atom. The van der Waals surface area contributed by atoms with Crippen LogP contribution < -0.4 is 19.7 Å². The highest BCUT2D eigenvalue weighted by Gasteiger charge is 2.32. The van der Waals surface area contributed by atoms with Gasteiger partial charge in [-0.1, -0.05) is 17.9 Å². The molecular weight excluding hydrogens is 601 g/mol. The van der Waals surface area contributed by atoms with Crippen LogP contribution in [0.25, 0.3) is 11.3 Å². The number of aliphatic carboxylic acids is 1. The van der Waals surface area contributed by atoms with Crippen LogP contribution in [0.1, 0.15) is 47.5 Å². The number of halogens is 3. The quantitative estimate of drug-likeness (QED) is 0.309. The van der Waals surface area contributed by atoms with Crippen molar-refractivity contribution in [3.05, 3.63) is 53.4 Å². The fraction of sp³-hybridized carbons (Fsp3) is 0.414. The highest BCUT2D eigenvalue weighted by Crippen LogP contribution is 2.38. The number of anilines is 2. The highest BCUT2D eigenvalue weighted by atomic mass is 32.1. The van der Waals surface area contributed by atoms with Crippen molar-refractivity contribution in [2.45, 2.75) is 45.0 Å². The molecule has 0 radical (unpaired) electrons. The predicted molar refractivity (Wildman–Crippen MR) is 157 cm³/mol. The number of ether oxygens (including phenoxy) is 2. The van der Waals surface area contributed by atoms with Gasteiger partial charge in [-0.3, -0.25) is 14.9 Å². The summed E-state index contributed by atoms with van der Waals surface area (Å²) in [7, 11) is 1.34. The van der Waals surface area contributed by atoms with Gasteiger partial charge in [0.15, 0.2) is 5.13 Å². The molecule has 3 aromatic rings. The number of carbonyl (C=O) groups excluding carboxylic acids is 1. The van der Waals surface area contributed by atoms with E-state index in [1.54, 1.807) is 6.07 Å². The molecule has 15 heteroatoms. The lowest BCUT2D eigenvalue weighted by Gasteiger charge is -2.30. The van der Waals surface area contributed by atoms with Gasteiger partial charge in [-0.05, 0) is 44.2 Å². The minimum Gasteiger partial charge on any atom is -0.497 e. The van der Waals surface area contributed by atoms with E-state index in [0.717, 1.165) is 37.6 Å². The van der Waals surface area contributed by atoms with E-state index in [1.807, 2.05) is 4.90 Å². The lowest BCUT2D eigenvalue weighted by Crippen LogP contribution is -2.36. The van der Waals surface area contributed by atoms with Gasteiger partial charge in [-0.25, -0.2) is 15.0 Å². The zero-order valence-electron chi connectivity index (χ0n) is 23.9. The molecule has 2 fully saturated rings. The van der Waals surface area contributed by atoms with Gasteiger partial charge in [-0.2, -0.15) is 0 Å². The maximum atomic E-state index is 13.1. The van der Waals surface area contributed by atoms with E-state index in [4.69, 9.17) is 4.74 Å². The molecule has 0 unspecified atom stereocenters. The molecule has 2 saturated heterocycles. The van der Waals surface area contributed by atoms with Crippen molar-refractivity contribution >= 4 is 34.2 Å². The van der Waals surface area contributed by atoms with Crippen molar-refractivity contribution in [2.24, 2.45) is 5.92 Å². The average molecular weight is 633 g/mol. The lowest BCUT2D eigenvalue weighted by atomic mass is 9.97. The Hall–Kier alpha value is -4.40. The smallest absolute Gasteiger partial charge is 0.497 e. The number of hydrogen-bond acceptors (Lipinski definition) is 10. The summed E-state index contributed by atoms with van der Waals surface area (Å²) in [6.07, 6.45) is 1.74. The molecule has 5 rings (SSSR count). The first-order valence-corrected chi connectivity index (χ1v) is 14.8. The Kier molecular flexibility index (Phi) is 9.22. The Bertz CT molecular complexity index is 1520. The maximum Gasteiger partial charge on any atom is 0.573 e. The van der Waals surface area contributed by atoms with Gasteiger partial charge >= 0.3 is 12.3 Å². The number of aromatic nitrogens is 3. The zero-order valence-corrected chi connectivity index (χ0v) is 24.7. The van der Waals surface area contributed by atoms with Crippen LogP contribution in [0.4, 0.5) is 24.1 Å². The van der Waals surface area contributed by atoms with Crippen molar-refractivity contribution in [3.8, 4) is 22.8 Å². The third-order valence-corrected chi connectivity index (χ3v) is 8.46. The van der Waals surface area contributed by atoms with Crippen molar-refractivity contribution < 1.29 is 37.3 Å². The number of carboxylic acids is 1. The Morgan fingerprint density at radius 2 is 1.86 bits per heavy atom. The molecule has 0 atom stereocenters. The molecule has 0 aliphatic carbocycles. The molecule has 0 bridgehead atoms. The number of nitrogens with zero attached hydrogens (tertiary/aromatic N) is 5. The Balaban J connectivity index is 1.38. The Labute approximate surface area is 255 Å². The summed E-state index contributed by atoms with van der Waals surface area (Å²) in [4.78, 5) is 42.3. The molecular formula is C29H31F3N6O5S. The fourth-order valence-electron chi connectivity index (χ4n) is 5.19. The first-order chi connectivity index (χ1) is 21.0. The summed E-state index contributed by atoms with van der Waals surface area (Å²) in [6.45, 7) is 6.37. The van der Waals surface area contributed by atoms with Crippen LogP contribution in [0, 0.1) is 5.92 Å². The molecule has 234 valence electrons. The number of amides is 1. The van der Waals surface area contributed by atoms with Crippen molar-refractivity contribution in [2.75, 3.05) is 37.0 Å². The normalized spacial score (nSPS) is 16.1. The van der Waals surface area contributed by atoms with Gasteiger partial charge in [0.2, 0.25) is 0 Å². The van der Waals surface area contributed by atoms with Gasteiger partial charge in [-0.15, -0.1) is 13.2 Å². The summed E-state index contributed by atoms with van der Waals surface area (Å²) in [6, 6.07) is 3.92. The molecule has 11 nitrogen and oxygen atoms in total. The largest absolute Gasteiger partial charge is 0.573 e. The number of alkyl halides is 3. The summed E-state index contributed by atoms with van der Waals surface area (Å²) >= 11 is 1.20. The number of hydrogen-bond donors (Lipinski definition) is 2. The van der Waals surface area contributed by atoms with Gasteiger partial charge < -0.3 is 24.4 Å². The predicted octanol–water partition coefficient (Wildman–Crippen LogP) is 5.56. The maximum absolute atomic E-state index is 13.1. The van der Waals surface area contributed by atoms with Crippen molar-refractivity contribution in [1.82, 2.24) is 19.9 Å². The Morgan fingerprint density at radius 1 is 1.11 bits per heavy atom. The second-order valence-electron chi connectivity index (χ2n) is 10.5. The topological polar surface area (TPSA) is 130 Å². The second-order valence-corrected chi connectivity index (χ2v) is 11.6. The minimum atomic E-state index is -4.90. The number of nitrogens with one attached hydrogen (secondary N) is 1. The minimum absolute atomic E-state index is 0.0409. The first-order valence-electron chi connectivity index (χ1n) is 14.0. The number of allylic oxidation sites excluding steroid dienone is 1. The van der Waals surface area contributed by atoms with E-state index in [2.05, 4.69) is 36.5 Å². The van der Waals surface area contributed by atoms with Gasteiger partial charge in [0.1, 0.15) is 23.0 Å². The monoisotopic (exact) mass is 632 g/mol. The summed E-state index contributed by atoms with van der Waals surface area (Å²) in [5.74, 6) is -1.52. The molecule has 0 spiro atoms. The van der Waals surface area contributed by atoms with Crippen molar-refractivity contribution in [1.29, 1.82) is 0 Å². The second kappa shape index (κ2) is 13.1. The number of carbonyl (C=O) groups is 2. The van der Waals surface area contributed by atoms with Crippen LogP contribution >= 0.6 is 11.3 Å². The van der Waals surface area contributed by atoms with Crippen LogP contribution in [0.15, 0.2) is 42.9 Å². The number of carboxylic acid groups (broad SMARTS) is 1. The van der Waals surface area contributed by atoms with E-state index in [0.29, 0.717) is 54.4 Å². The van der Waals surface area contributed by atoms with Crippen LogP contribution in [-0.2, 0) is 11.3 Å². The van der Waals surface area contributed by atoms with E-state index in [9.17, 15) is 27.9 Å². The highest BCUT2D eigenvalue weighted by molar-refractivity contribution is 7.16. The third kappa shape index (κ3) is 7.56. The van der Waals surface area contributed by atoms with Crippen LogP contribution in [0.3, 0.4) is 0 Å². The number of rotatable bonds is 9. The molecule has 2 aliphatic heterocycles. The molecule has 2 aromatic heterocycles. The number of benzene rings is 1. The third-order valence-electron chi connectivity index (χ3n) is 7.50. The van der Waals surface area contributed by atoms with Crippen LogP contribution in [0.2, 0.25) is 0 Å². The van der Waals surface area contributed by atoms with Gasteiger partial charge in [0.25, 0.3) is 5.91 Å². The van der Waals surface area contributed by atoms with E-state index >= 15 is 0 Å². The molecule has 2 N–H and O–H groups in total. The number of thiazole rings is 1. The lowest BCUT2D eigenvalue weighted by molar-refractivity contribution is -0.274. The van der Waals surface area contributed by atoms with E-state index in [-0.39, 0.29) is 22.5 Å². The number of piperidine rings is 2. The van der Waals surface area contributed by atoms with Crippen LogP contribution in [-0.4, -0.2) is 69.9 Å². The average Bonchev–Trinajstić information content (AvgIpc) is 3.39.